The van der Waals surface area contributed by atoms with Crippen LogP contribution in [0.1, 0.15) is 15.9 Å². The average molecular weight is 470 g/mol. The number of nitrogens with one attached hydrogen (secondary N) is 1. The van der Waals surface area contributed by atoms with Gasteiger partial charge < -0.3 is 25.7 Å². The van der Waals surface area contributed by atoms with Crippen molar-refractivity contribution in [2.24, 2.45) is 5.73 Å². The first-order valence-electron chi connectivity index (χ1n) is 11.2. The normalized spacial score (nSPS) is 11.6. The molecule has 0 amide bonds. The van der Waals surface area contributed by atoms with Crippen molar-refractivity contribution in [1.82, 2.24) is 9.97 Å². The summed E-state index contributed by atoms with van der Waals surface area (Å²) in [5, 5.41) is 20.1. The van der Waals surface area contributed by atoms with Crippen molar-refractivity contribution < 1.29 is 19.7 Å². The number of rotatable bonds is 6. The minimum Gasteiger partial charge on any atom is -0.497 e. The molecule has 3 aromatic carbocycles. The van der Waals surface area contributed by atoms with Gasteiger partial charge >= 0.3 is 5.97 Å². The number of para-hydroxylation sites is 2. The largest absolute Gasteiger partial charge is 0.497 e. The summed E-state index contributed by atoms with van der Waals surface area (Å²) < 4.78 is 5.20. The number of hydrogen-bond acceptors (Lipinski definition) is 5. The Morgan fingerprint density at radius 2 is 1.77 bits per heavy atom. The van der Waals surface area contributed by atoms with Crippen molar-refractivity contribution in [3.8, 4) is 17.0 Å². The number of pyridine rings is 1. The van der Waals surface area contributed by atoms with Gasteiger partial charge in [0.05, 0.1) is 30.5 Å². The third kappa shape index (κ3) is 5.48. The number of ether oxygens (including phenoxy) is 1. The maximum Gasteiger partial charge on any atom is 0.336 e. The Morgan fingerprint density at radius 3 is 2.51 bits per heavy atom. The van der Waals surface area contributed by atoms with E-state index in [4.69, 9.17) is 15.6 Å². The molecule has 7 heteroatoms. The molecule has 0 saturated heterocycles. The highest BCUT2D eigenvalue weighted by molar-refractivity contribution is 6.03. The minimum absolute atomic E-state index is 0.0273. The number of nitrogens with zero attached hydrogens (tertiary/aromatic N) is 1. The number of benzene rings is 3. The zero-order valence-corrected chi connectivity index (χ0v) is 19.3. The van der Waals surface area contributed by atoms with Crippen LogP contribution in [0.25, 0.3) is 33.1 Å². The van der Waals surface area contributed by atoms with Crippen LogP contribution < -0.4 is 10.5 Å². The number of aliphatic hydroxyl groups is 1. The van der Waals surface area contributed by atoms with E-state index < -0.39 is 5.97 Å². The number of carboxylic acid groups (broad SMARTS) is 1. The van der Waals surface area contributed by atoms with Gasteiger partial charge in [-0.25, -0.2) is 9.78 Å². The predicted octanol–water partition coefficient (Wildman–Crippen LogP) is 4.64. The number of nitrogens with two attached hydrogens (primary N) is 1. The molecule has 0 bridgehead atoms. The number of aromatic nitrogens is 2. The van der Waals surface area contributed by atoms with Crippen molar-refractivity contribution in [1.29, 1.82) is 0 Å². The summed E-state index contributed by atoms with van der Waals surface area (Å²) in [6, 6.07) is 24.1. The first-order chi connectivity index (χ1) is 17.0. The van der Waals surface area contributed by atoms with Gasteiger partial charge in [-0.2, -0.15) is 0 Å². The molecule has 0 aliphatic carbocycles. The van der Waals surface area contributed by atoms with Crippen LogP contribution in [0, 0.1) is 0 Å². The van der Waals surface area contributed by atoms with Crippen LogP contribution in [-0.2, 0) is 6.42 Å². The van der Waals surface area contributed by atoms with Crippen molar-refractivity contribution in [3.63, 3.8) is 0 Å². The second-order valence-electron chi connectivity index (χ2n) is 8.12. The Bertz CT molecular complexity index is 1460. The number of aromatic carboxylic acids is 1. The molecule has 0 aliphatic rings. The van der Waals surface area contributed by atoms with Gasteiger partial charge in [0.25, 0.3) is 0 Å². The first kappa shape index (κ1) is 23.9. The highest BCUT2D eigenvalue weighted by Crippen LogP contribution is 2.27. The second-order valence-corrected chi connectivity index (χ2v) is 8.12. The fourth-order valence-electron chi connectivity index (χ4n) is 3.93. The van der Waals surface area contributed by atoms with Gasteiger partial charge in [0.2, 0.25) is 0 Å². The van der Waals surface area contributed by atoms with E-state index in [0.717, 1.165) is 11.1 Å². The van der Waals surface area contributed by atoms with Gasteiger partial charge in [-0.15, -0.1) is 0 Å². The number of aliphatic hydroxyl groups excluding tert-OH is 1. The van der Waals surface area contributed by atoms with Crippen molar-refractivity contribution >= 4 is 27.8 Å². The molecule has 0 unspecified atom stereocenters. The summed E-state index contributed by atoms with van der Waals surface area (Å²) in [6.45, 7) is 0.0273. The van der Waals surface area contributed by atoms with Crippen LogP contribution in [0.15, 0.2) is 85.1 Å². The molecule has 7 nitrogen and oxygen atoms in total. The van der Waals surface area contributed by atoms with Crippen LogP contribution in [0.5, 0.6) is 5.75 Å². The molecule has 2 aromatic heterocycles. The Kier molecular flexibility index (Phi) is 7.40. The van der Waals surface area contributed by atoms with Gasteiger partial charge in [-0.05, 0) is 42.3 Å². The molecule has 5 aromatic rings. The molecule has 0 aliphatic heterocycles. The molecular weight excluding hydrogens is 442 g/mol. The van der Waals surface area contributed by atoms with Crippen molar-refractivity contribution in [2.45, 2.75) is 12.5 Å². The van der Waals surface area contributed by atoms with Gasteiger partial charge in [0.1, 0.15) is 5.75 Å². The lowest BCUT2D eigenvalue weighted by Gasteiger charge is -2.08. The molecule has 2 heterocycles. The van der Waals surface area contributed by atoms with E-state index in [2.05, 4.69) is 16.0 Å². The fourth-order valence-corrected chi connectivity index (χ4v) is 3.93. The highest BCUT2D eigenvalue weighted by atomic mass is 16.5. The Balaban J connectivity index is 0.000000179. The smallest absolute Gasteiger partial charge is 0.336 e. The molecule has 178 valence electrons. The number of carboxylic acids is 1. The molecule has 1 atom stereocenters. The molecule has 0 fully saturated rings. The Labute approximate surface area is 202 Å². The van der Waals surface area contributed by atoms with Gasteiger partial charge in [-0.1, -0.05) is 48.5 Å². The summed E-state index contributed by atoms with van der Waals surface area (Å²) in [4.78, 5) is 19.2. The number of H-pyrrole nitrogens is 1. The van der Waals surface area contributed by atoms with Crippen molar-refractivity contribution in [2.75, 3.05) is 13.7 Å². The standard InChI is InChI=1S/C17H13NO3.C11H14N2O/c1-21-12-6-4-5-11(9-12)16-10-14(17(19)20)13-7-2-3-8-15(13)18-16;12-9(7-14)5-8-6-13-11-4-2-1-3-10(8)11/h2-10H,1H3,(H,19,20);1-4,6,9,13-14H,5,7,12H2/t;9-/m.1/s1. The Morgan fingerprint density at radius 1 is 1.03 bits per heavy atom. The first-order valence-corrected chi connectivity index (χ1v) is 11.2. The van der Waals surface area contributed by atoms with Gasteiger partial charge in [0, 0.05) is 34.1 Å². The topological polar surface area (TPSA) is 121 Å². The average Bonchev–Trinajstić information content (AvgIpc) is 3.31. The molecule has 5 rings (SSSR count). The summed E-state index contributed by atoms with van der Waals surface area (Å²) >= 11 is 0. The van der Waals surface area contributed by atoms with E-state index in [1.54, 1.807) is 19.2 Å². The third-order valence-electron chi connectivity index (χ3n) is 5.70. The lowest BCUT2D eigenvalue weighted by molar-refractivity contribution is 0.0699. The minimum atomic E-state index is -0.960. The number of aromatic amines is 1. The highest BCUT2D eigenvalue weighted by Gasteiger charge is 2.13. The monoisotopic (exact) mass is 469 g/mol. The zero-order chi connectivity index (χ0) is 24.8. The van der Waals surface area contributed by atoms with E-state index in [0.29, 0.717) is 28.8 Å². The van der Waals surface area contributed by atoms with E-state index in [9.17, 15) is 9.90 Å². The van der Waals surface area contributed by atoms with E-state index >= 15 is 0 Å². The van der Waals surface area contributed by atoms with Crippen LogP contribution in [0.4, 0.5) is 0 Å². The Hall–Kier alpha value is -4.20. The molecular formula is C28H27N3O4. The summed E-state index contributed by atoms with van der Waals surface area (Å²) in [5.74, 6) is -0.253. The van der Waals surface area contributed by atoms with Crippen molar-refractivity contribution in [3.05, 3.63) is 96.2 Å². The van der Waals surface area contributed by atoms with Crippen LogP contribution in [0.3, 0.4) is 0 Å². The lowest BCUT2D eigenvalue weighted by atomic mass is 10.0. The number of carbonyl (C=O) groups is 1. The lowest BCUT2D eigenvalue weighted by Crippen LogP contribution is -2.26. The molecule has 35 heavy (non-hydrogen) atoms. The molecule has 0 spiro atoms. The summed E-state index contributed by atoms with van der Waals surface area (Å²) in [6.07, 6.45) is 2.67. The number of fused-ring (bicyclic) bond motifs is 2. The zero-order valence-electron chi connectivity index (χ0n) is 19.3. The fraction of sp³-hybridized carbons (Fsp3) is 0.143. The van der Waals surface area contributed by atoms with Crippen LogP contribution in [0.2, 0.25) is 0 Å². The number of methoxy groups -OCH3 is 1. The van der Waals surface area contributed by atoms with Gasteiger partial charge in [0.15, 0.2) is 0 Å². The third-order valence-corrected chi connectivity index (χ3v) is 5.70. The SMILES string of the molecule is COc1cccc(-c2cc(C(=O)O)c3ccccc3n2)c1.N[C@@H](CO)Cc1c[nH]c2ccccc12. The maximum atomic E-state index is 11.5. The van der Waals surface area contributed by atoms with Gasteiger partial charge in [-0.3, -0.25) is 0 Å². The van der Waals surface area contributed by atoms with E-state index in [-0.39, 0.29) is 18.2 Å². The number of hydrogen-bond donors (Lipinski definition) is 4. The molecule has 0 radical (unpaired) electrons. The van der Waals surface area contributed by atoms with Crippen LogP contribution in [-0.4, -0.2) is 45.9 Å². The van der Waals surface area contributed by atoms with E-state index in [1.807, 2.05) is 66.9 Å². The van der Waals surface area contributed by atoms with E-state index in [1.165, 1.54) is 10.9 Å². The predicted molar refractivity (Wildman–Crippen MR) is 138 cm³/mol. The quantitative estimate of drug-likeness (QED) is 0.287. The molecule has 0 saturated carbocycles. The molecule has 5 N–H and O–H groups in total. The van der Waals surface area contributed by atoms with Crippen LogP contribution >= 0.6 is 0 Å². The summed E-state index contributed by atoms with van der Waals surface area (Å²) in [5.41, 5.74) is 10.3. The maximum absolute atomic E-state index is 11.5. The second kappa shape index (κ2) is 10.8. The summed E-state index contributed by atoms with van der Waals surface area (Å²) in [7, 11) is 1.59.